The van der Waals surface area contributed by atoms with Crippen molar-refractivity contribution in [2.24, 2.45) is 0 Å². The molecule has 37 heavy (non-hydrogen) atoms. The maximum absolute atomic E-state index is 13.3. The van der Waals surface area contributed by atoms with Crippen LogP contribution < -0.4 is 10.6 Å². The molecule has 0 aliphatic rings. The number of thioether (sulfide) groups is 1. The van der Waals surface area contributed by atoms with Crippen molar-refractivity contribution in [2.75, 3.05) is 17.3 Å². The second-order valence-corrected chi connectivity index (χ2v) is 8.63. The second-order valence-electron chi connectivity index (χ2n) is 7.65. The van der Waals surface area contributed by atoms with Crippen molar-refractivity contribution in [3.8, 4) is 11.1 Å². The molecule has 2 amide bonds. The van der Waals surface area contributed by atoms with E-state index in [1.165, 1.54) is 30.0 Å². The van der Waals surface area contributed by atoms with Gasteiger partial charge in [-0.25, -0.2) is 4.79 Å². The van der Waals surface area contributed by atoms with Gasteiger partial charge < -0.3 is 15.7 Å². The number of carbonyl (C=O) groups excluding carboxylic acids is 2. The van der Waals surface area contributed by atoms with Crippen LogP contribution in [-0.4, -0.2) is 75.5 Å². The first-order valence-electron chi connectivity index (χ1n) is 10.7. The summed E-state index contributed by atoms with van der Waals surface area (Å²) in [6.45, 7) is 0. The quantitative estimate of drug-likeness (QED) is 0.349. The number of carboxylic acid groups (broad SMARTS) is 1. The van der Waals surface area contributed by atoms with Gasteiger partial charge in [-0.15, -0.1) is 0 Å². The number of benzene rings is 2. The number of aliphatic carboxylic acids is 1. The summed E-state index contributed by atoms with van der Waals surface area (Å²) in [5.41, 5.74) is -0.531. The van der Waals surface area contributed by atoms with Gasteiger partial charge in [0.05, 0.1) is 11.1 Å². The van der Waals surface area contributed by atoms with Crippen molar-refractivity contribution in [1.29, 1.82) is 0 Å². The number of nitrogens with zero attached hydrogens (tertiary/aromatic N) is 1. The van der Waals surface area contributed by atoms with Crippen molar-refractivity contribution < 1.29 is 32.7 Å². The fraction of sp³-hybridized carbons (Fsp3) is 0.200. The van der Waals surface area contributed by atoms with Crippen molar-refractivity contribution in [3.05, 3.63) is 83.7 Å². The molecule has 1 unspecified atom stereocenters. The Morgan fingerprint density at radius 1 is 1.03 bits per heavy atom. The van der Waals surface area contributed by atoms with Gasteiger partial charge in [-0.2, -0.15) is 24.9 Å². The number of nitrogens with one attached hydrogen (secondary N) is 2. The van der Waals surface area contributed by atoms with Gasteiger partial charge in [0.1, 0.15) is 6.04 Å². The summed E-state index contributed by atoms with van der Waals surface area (Å²) < 4.78 is 40.0. The molecule has 0 saturated carbocycles. The summed E-state index contributed by atoms with van der Waals surface area (Å²) in [6.07, 6.45) is -0.916. The number of aromatic nitrogens is 1. The Bertz CT molecular complexity index is 1260. The Kier molecular flexibility index (Phi) is 11.2. The van der Waals surface area contributed by atoms with Crippen LogP contribution in [0.4, 0.5) is 18.9 Å². The number of hydrogen-bond acceptors (Lipinski definition) is 5. The third-order valence-corrected chi connectivity index (χ3v) is 5.84. The van der Waals surface area contributed by atoms with E-state index in [-0.39, 0.29) is 47.2 Å². The van der Waals surface area contributed by atoms with E-state index in [2.05, 4.69) is 15.6 Å². The topological polar surface area (TPSA) is 108 Å². The molecule has 3 N–H and O–H groups in total. The first-order valence-corrected chi connectivity index (χ1v) is 12.1. The van der Waals surface area contributed by atoms with Crippen molar-refractivity contribution in [2.45, 2.75) is 18.6 Å². The van der Waals surface area contributed by atoms with Crippen LogP contribution in [0, 0.1) is 0 Å². The fourth-order valence-electron chi connectivity index (χ4n) is 3.43. The van der Waals surface area contributed by atoms with Crippen LogP contribution in [-0.2, 0) is 11.0 Å². The van der Waals surface area contributed by atoms with Gasteiger partial charge in [-0.05, 0) is 53.8 Å². The Morgan fingerprint density at radius 3 is 2.35 bits per heavy atom. The van der Waals surface area contributed by atoms with E-state index in [1.807, 2.05) is 6.26 Å². The van der Waals surface area contributed by atoms with Crippen LogP contribution in [0.2, 0.25) is 0 Å². The predicted molar refractivity (Wildman–Crippen MR) is 138 cm³/mol. The molecule has 1 heterocycles. The SMILES string of the molecule is CSCCC(NC(=O)c1ccc(NC(=O)c2cnccc2C(F)(F)F)cc1-c1ccccc1)C(=O)O.[NaH]. The zero-order chi connectivity index (χ0) is 26.3. The Morgan fingerprint density at radius 2 is 1.73 bits per heavy atom. The summed E-state index contributed by atoms with van der Waals surface area (Å²) in [6, 6.07) is 12.5. The molecule has 7 nitrogen and oxygen atoms in total. The number of carbonyl (C=O) groups is 3. The molecule has 0 radical (unpaired) electrons. The van der Waals surface area contributed by atoms with Crippen molar-refractivity contribution >= 4 is 64.8 Å². The third-order valence-electron chi connectivity index (χ3n) is 5.19. The molecule has 0 aliphatic carbocycles. The normalized spacial score (nSPS) is 11.7. The molecule has 190 valence electrons. The zero-order valence-electron chi connectivity index (χ0n) is 19.0. The van der Waals surface area contributed by atoms with Crippen molar-refractivity contribution in [3.63, 3.8) is 0 Å². The Balaban J connectivity index is 0.00000481. The minimum atomic E-state index is -4.75. The van der Waals surface area contributed by atoms with Crippen LogP contribution in [0.5, 0.6) is 0 Å². The number of anilines is 1. The standard InChI is InChI=1S/C25H22F3N3O4S.Na.H/c1-36-12-10-21(24(34)35)31-22(32)17-8-7-16(13-18(17)15-5-3-2-4-6-15)30-23(33)19-14-29-11-9-20(19)25(26,27)28;;/h2-9,11,13-14,21H,10,12H2,1H3,(H,30,33)(H,31,32)(H,34,35);;. The first-order chi connectivity index (χ1) is 17.1. The zero-order valence-corrected chi connectivity index (χ0v) is 19.8. The third kappa shape index (κ3) is 8.06. The molecular weight excluding hydrogens is 518 g/mol. The second kappa shape index (κ2) is 13.6. The van der Waals surface area contributed by atoms with Gasteiger partial charge >= 0.3 is 41.7 Å². The van der Waals surface area contributed by atoms with E-state index in [0.29, 0.717) is 22.9 Å². The summed E-state index contributed by atoms with van der Waals surface area (Å²) in [4.78, 5) is 40.9. The summed E-state index contributed by atoms with van der Waals surface area (Å²) in [5.74, 6) is -2.29. The average molecular weight is 542 g/mol. The van der Waals surface area contributed by atoms with E-state index < -0.39 is 41.1 Å². The molecule has 0 spiro atoms. The van der Waals surface area contributed by atoms with Gasteiger partial charge in [0.2, 0.25) is 0 Å². The van der Waals surface area contributed by atoms with E-state index in [0.717, 1.165) is 12.4 Å². The molecule has 2 aromatic carbocycles. The number of carboxylic acids is 1. The first kappa shape index (κ1) is 30.4. The summed E-state index contributed by atoms with van der Waals surface area (Å²) in [5, 5.41) is 14.4. The number of halogens is 3. The molecule has 3 aromatic rings. The maximum atomic E-state index is 13.3. The molecule has 1 aromatic heterocycles. The molecule has 0 bridgehead atoms. The molecule has 1 atom stereocenters. The molecule has 12 heteroatoms. The molecule has 0 aliphatic heterocycles. The summed E-state index contributed by atoms with van der Waals surface area (Å²) in [7, 11) is 0. The van der Waals surface area contributed by atoms with Gasteiger partial charge in [-0.1, -0.05) is 30.3 Å². The molecular formula is C25H23F3N3NaO4S. The van der Waals surface area contributed by atoms with Gasteiger partial charge in [0.25, 0.3) is 11.8 Å². The number of rotatable bonds is 9. The van der Waals surface area contributed by atoms with Gasteiger partial charge in [0.15, 0.2) is 0 Å². The Labute approximate surface area is 237 Å². The van der Waals surface area contributed by atoms with Crippen LogP contribution in [0.15, 0.2) is 67.0 Å². The van der Waals surface area contributed by atoms with Crippen molar-refractivity contribution in [1.82, 2.24) is 10.3 Å². The van der Waals surface area contributed by atoms with Gasteiger partial charge in [0, 0.05) is 23.6 Å². The molecule has 0 saturated heterocycles. The van der Waals surface area contributed by atoms with E-state index in [4.69, 9.17) is 0 Å². The van der Waals surface area contributed by atoms with Crippen LogP contribution >= 0.6 is 11.8 Å². The average Bonchev–Trinajstić information content (AvgIpc) is 2.86. The minimum absolute atomic E-state index is 0. The van der Waals surface area contributed by atoms with E-state index in [9.17, 15) is 32.7 Å². The molecule has 3 rings (SSSR count). The van der Waals surface area contributed by atoms with Crippen LogP contribution in [0.1, 0.15) is 32.7 Å². The molecule has 0 fully saturated rings. The number of pyridine rings is 1. The Hall–Kier alpha value is -2.86. The number of hydrogen-bond donors (Lipinski definition) is 3. The van der Waals surface area contributed by atoms with Gasteiger partial charge in [-0.3, -0.25) is 14.6 Å². The number of amides is 2. The summed E-state index contributed by atoms with van der Waals surface area (Å²) >= 11 is 1.45. The van der Waals surface area contributed by atoms with Crippen LogP contribution in [0.25, 0.3) is 11.1 Å². The fourth-order valence-corrected chi connectivity index (χ4v) is 3.90. The monoisotopic (exact) mass is 541 g/mol. The van der Waals surface area contributed by atoms with Crippen LogP contribution in [0.3, 0.4) is 0 Å². The van der Waals surface area contributed by atoms with E-state index in [1.54, 1.807) is 30.3 Å². The number of alkyl halides is 3. The van der Waals surface area contributed by atoms with E-state index >= 15 is 0 Å². The predicted octanol–water partition coefficient (Wildman–Crippen LogP) is 4.31.